The van der Waals surface area contributed by atoms with Crippen molar-refractivity contribution in [2.24, 2.45) is 5.73 Å². The van der Waals surface area contributed by atoms with Crippen molar-refractivity contribution in [1.82, 2.24) is 9.97 Å². The topological polar surface area (TPSA) is 91.7 Å². The molecule has 0 spiro atoms. The fourth-order valence-corrected chi connectivity index (χ4v) is 1.69. The summed E-state index contributed by atoms with van der Waals surface area (Å²) >= 11 is 0. The summed E-state index contributed by atoms with van der Waals surface area (Å²) in [6.45, 7) is 0.627. The Labute approximate surface area is 109 Å². The van der Waals surface area contributed by atoms with E-state index >= 15 is 0 Å². The summed E-state index contributed by atoms with van der Waals surface area (Å²) in [5.74, 6) is 0. The van der Waals surface area contributed by atoms with Gasteiger partial charge in [-0.2, -0.15) is 0 Å². The molecule has 1 heterocycles. The van der Waals surface area contributed by atoms with Gasteiger partial charge in [-0.05, 0) is 30.2 Å². The zero-order valence-electron chi connectivity index (χ0n) is 10.3. The van der Waals surface area contributed by atoms with Crippen molar-refractivity contribution in [2.75, 3.05) is 6.54 Å². The van der Waals surface area contributed by atoms with Crippen molar-refractivity contribution >= 4 is 12.2 Å². The van der Waals surface area contributed by atoms with Crippen molar-refractivity contribution in [2.45, 2.75) is 6.42 Å². The van der Waals surface area contributed by atoms with Crippen LogP contribution in [-0.2, 0) is 6.42 Å². The molecule has 0 unspecified atom stereocenters. The molecule has 0 radical (unpaired) electrons. The van der Waals surface area contributed by atoms with E-state index in [0.29, 0.717) is 12.1 Å². The first-order valence-corrected chi connectivity index (χ1v) is 5.98. The van der Waals surface area contributed by atoms with E-state index in [0.717, 1.165) is 12.0 Å². The Morgan fingerprint density at radius 3 is 2.47 bits per heavy atom. The van der Waals surface area contributed by atoms with Crippen LogP contribution in [0.15, 0.2) is 40.1 Å². The normalized spacial score (nSPS) is 11.0. The standard InChI is InChI=1S/C14H15N3O2/c15-8-7-11-3-1-10(2-4-11)5-6-12-9-16-14(19)17-13(12)18/h1-6,9H,7-8,15H2,(H2,16,17,18,19). The zero-order chi connectivity index (χ0) is 13.7. The van der Waals surface area contributed by atoms with Crippen molar-refractivity contribution < 1.29 is 0 Å². The first kappa shape index (κ1) is 13.0. The Hall–Kier alpha value is -2.40. The second kappa shape index (κ2) is 5.97. The van der Waals surface area contributed by atoms with Gasteiger partial charge in [-0.3, -0.25) is 9.78 Å². The molecule has 0 aliphatic heterocycles. The summed E-state index contributed by atoms with van der Waals surface area (Å²) < 4.78 is 0. The summed E-state index contributed by atoms with van der Waals surface area (Å²) in [5, 5.41) is 0. The van der Waals surface area contributed by atoms with Gasteiger partial charge in [-0.1, -0.05) is 30.3 Å². The van der Waals surface area contributed by atoms with Gasteiger partial charge in [-0.15, -0.1) is 0 Å². The lowest BCUT2D eigenvalue weighted by atomic mass is 10.1. The highest BCUT2D eigenvalue weighted by atomic mass is 16.2. The van der Waals surface area contributed by atoms with Crippen LogP contribution in [-0.4, -0.2) is 16.5 Å². The van der Waals surface area contributed by atoms with Gasteiger partial charge in [0.15, 0.2) is 0 Å². The molecule has 2 aromatic rings. The molecular weight excluding hydrogens is 242 g/mol. The third-order valence-corrected chi connectivity index (χ3v) is 2.72. The number of aromatic nitrogens is 2. The highest BCUT2D eigenvalue weighted by Crippen LogP contribution is 2.08. The lowest BCUT2D eigenvalue weighted by Gasteiger charge is -1.99. The van der Waals surface area contributed by atoms with E-state index in [1.807, 2.05) is 30.3 Å². The Bertz CT molecular complexity index is 681. The van der Waals surface area contributed by atoms with Gasteiger partial charge < -0.3 is 10.7 Å². The van der Waals surface area contributed by atoms with E-state index in [1.165, 1.54) is 11.8 Å². The second-order valence-electron chi connectivity index (χ2n) is 4.14. The number of H-pyrrole nitrogens is 2. The van der Waals surface area contributed by atoms with Gasteiger partial charge in [0, 0.05) is 6.20 Å². The molecule has 2 rings (SSSR count). The number of nitrogens with two attached hydrogens (primary N) is 1. The Morgan fingerprint density at radius 2 is 1.84 bits per heavy atom. The van der Waals surface area contributed by atoms with Crippen LogP contribution < -0.4 is 17.0 Å². The predicted molar refractivity (Wildman–Crippen MR) is 75.8 cm³/mol. The summed E-state index contributed by atoms with van der Waals surface area (Å²) in [6, 6.07) is 7.93. The number of hydrogen-bond acceptors (Lipinski definition) is 3. The van der Waals surface area contributed by atoms with Crippen LogP contribution in [0.4, 0.5) is 0 Å². The highest BCUT2D eigenvalue weighted by molar-refractivity contribution is 5.68. The van der Waals surface area contributed by atoms with Gasteiger partial charge in [0.05, 0.1) is 5.56 Å². The minimum atomic E-state index is -0.506. The molecule has 0 atom stereocenters. The molecule has 4 N–H and O–H groups in total. The van der Waals surface area contributed by atoms with E-state index in [4.69, 9.17) is 5.73 Å². The van der Waals surface area contributed by atoms with Gasteiger partial charge in [0.25, 0.3) is 5.56 Å². The minimum absolute atomic E-state index is 0.403. The van der Waals surface area contributed by atoms with Crippen molar-refractivity contribution in [3.8, 4) is 0 Å². The van der Waals surface area contributed by atoms with E-state index < -0.39 is 11.2 Å². The van der Waals surface area contributed by atoms with E-state index in [2.05, 4.69) is 9.97 Å². The largest absolute Gasteiger partial charge is 0.330 e. The molecule has 98 valence electrons. The average Bonchev–Trinajstić information content (AvgIpc) is 2.40. The van der Waals surface area contributed by atoms with Crippen LogP contribution in [0.25, 0.3) is 12.2 Å². The quantitative estimate of drug-likeness (QED) is 0.754. The van der Waals surface area contributed by atoms with Crippen molar-refractivity contribution in [3.63, 3.8) is 0 Å². The van der Waals surface area contributed by atoms with E-state index in [9.17, 15) is 9.59 Å². The molecule has 0 bridgehead atoms. The Kier molecular flexibility index (Phi) is 4.10. The number of benzene rings is 1. The smallest absolute Gasteiger partial charge is 0.325 e. The SMILES string of the molecule is NCCc1ccc(C=Cc2c[nH]c(=O)[nH]c2=O)cc1. The molecule has 5 heteroatoms. The van der Waals surface area contributed by atoms with Crippen molar-refractivity contribution in [3.05, 3.63) is 68.0 Å². The summed E-state index contributed by atoms with van der Waals surface area (Å²) in [7, 11) is 0. The summed E-state index contributed by atoms with van der Waals surface area (Å²) in [4.78, 5) is 26.9. The maximum Gasteiger partial charge on any atom is 0.325 e. The number of nitrogens with one attached hydrogen (secondary N) is 2. The van der Waals surface area contributed by atoms with Gasteiger partial charge >= 0.3 is 5.69 Å². The molecule has 0 amide bonds. The van der Waals surface area contributed by atoms with Crippen LogP contribution in [0.2, 0.25) is 0 Å². The molecule has 0 saturated heterocycles. The molecule has 5 nitrogen and oxygen atoms in total. The lowest BCUT2D eigenvalue weighted by molar-refractivity contribution is 0.969. The van der Waals surface area contributed by atoms with Gasteiger partial charge in [-0.25, -0.2) is 4.79 Å². The first-order valence-electron chi connectivity index (χ1n) is 5.98. The maximum atomic E-state index is 11.5. The van der Waals surface area contributed by atoms with E-state index in [1.54, 1.807) is 6.08 Å². The minimum Gasteiger partial charge on any atom is -0.330 e. The van der Waals surface area contributed by atoms with Gasteiger partial charge in [0.1, 0.15) is 0 Å². The summed E-state index contributed by atoms with van der Waals surface area (Å²) in [6.07, 6.45) is 5.71. The molecule has 0 aliphatic rings. The third kappa shape index (κ3) is 3.53. The third-order valence-electron chi connectivity index (χ3n) is 2.72. The fraction of sp³-hybridized carbons (Fsp3) is 0.143. The Morgan fingerprint density at radius 1 is 1.11 bits per heavy atom. The van der Waals surface area contributed by atoms with Crippen LogP contribution >= 0.6 is 0 Å². The number of rotatable bonds is 4. The predicted octanol–water partition coefficient (Wildman–Crippen LogP) is 0.735. The molecule has 1 aromatic carbocycles. The molecule has 19 heavy (non-hydrogen) atoms. The average molecular weight is 257 g/mol. The zero-order valence-corrected chi connectivity index (χ0v) is 10.3. The van der Waals surface area contributed by atoms with Crippen LogP contribution in [0.1, 0.15) is 16.7 Å². The summed E-state index contributed by atoms with van der Waals surface area (Å²) in [5.41, 5.74) is 7.14. The van der Waals surface area contributed by atoms with E-state index in [-0.39, 0.29) is 0 Å². The maximum absolute atomic E-state index is 11.5. The Balaban J connectivity index is 2.18. The van der Waals surface area contributed by atoms with Crippen molar-refractivity contribution in [1.29, 1.82) is 0 Å². The molecule has 0 aliphatic carbocycles. The fourth-order valence-electron chi connectivity index (χ4n) is 1.69. The van der Waals surface area contributed by atoms with Crippen LogP contribution in [0.5, 0.6) is 0 Å². The first-order chi connectivity index (χ1) is 9.19. The monoisotopic (exact) mass is 257 g/mol. The molecule has 1 aromatic heterocycles. The second-order valence-corrected chi connectivity index (χ2v) is 4.14. The molecular formula is C14H15N3O2. The lowest BCUT2D eigenvalue weighted by Crippen LogP contribution is -2.22. The number of hydrogen-bond donors (Lipinski definition) is 3. The van der Waals surface area contributed by atoms with Crippen LogP contribution in [0.3, 0.4) is 0 Å². The molecule has 0 fully saturated rings. The van der Waals surface area contributed by atoms with Gasteiger partial charge in [0.2, 0.25) is 0 Å². The number of aromatic amines is 2. The molecule has 0 saturated carbocycles. The highest BCUT2D eigenvalue weighted by Gasteiger charge is 1.95. The van der Waals surface area contributed by atoms with Crippen LogP contribution in [0, 0.1) is 0 Å².